The maximum atomic E-state index is 11.9. The van der Waals surface area contributed by atoms with E-state index in [4.69, 9.17) is 4.74 Å². The highest BCUT2D eigenvalue weighted by atomic mass is 79.9. The van der Waals surface area contributed by atoms with Gasteiger partial charge in [-0.15, -0.1) is 0 Å². The normalized spacial score (nSPS) is 11.2. The van der Waals surface area contributed by atoms with Crippen molar-refractivity contribution in [3.63, 3.8) is 0 Å². The number of carbonyl (C=O) groups excluding carboxylic acids is 1. The molecule has 0 fully saturated rings. The van der Waals surface area contributed by atoms with Crippen molar-refractivity contribution < 1.29 is 26.5 Å². The molecule has 0 saturated carbocycles. The predicted molar refractivity (Wildman–Crippen MR) is 130 cm³/mol. The van der Waals surface area contributed by atoms with Gasteiger partial charge in [-0.2, -0.15) is 5.26 Å². The van der Waals surface area contributed by atoms with Gasteiger partial charge in [0.2, 0.25) is 0 Å². The molecule has 0 heterocycles. The Labute approximate surface area is 201 Å². The van der Waals surface area contributed by atoms with Crippen molar-refractivity contribution in [2.45, 2.75) is 20.0 Å². The third kappa shape index (κ3) is 5.94. The molecule has 0 aliphatic carbocycles. The number of nitriles is 1. The topological polar surface area (TPSA) is 50.1 Å². The number of hydrogen-bond acceptors (Lipinski definition) is 3. The summed E-state index contributed by atoms with van der Waals surface area (Å²) in [6.45, 7) is 4.26. The van der Waals surface area contributed by atoms with Gasteiger partial charge in [-0.3, -0.25) is 0 Å². The lowest BCUT2D eigenvalue weighted by molar-refractivity contribution is -0.137. The van der Waals surface area contributed by atoms with Crippen LogP contribution in [-0.2, 0) is 15.7 Å². The van der Waals surface area contributed by atoms with Crippen molar-refractivity contribution in [1.82, 2.24) is 0 Å². The molecule has 0 radical (unpaired) electrons. The second-order valence-corrected chi connectivity index (χ2v) is 11.2. The summed E-state index contributed by atoms with van der Waals surface area (Å²) in [7, 11) is -1.62. The summed E-state index contributed by atoms with van der Waals surface area (Å²) in [5.74, 6) is -0.585. The zero-order valence-corrected chi connectivity index (χ0v) is 20.9. The number of halogens is 1. The number of esters is 1. The van der Waals surface area contributed by atoms with Gasteiger partial charge in [0.15, 0.2) is 0 Å². The Morgan fingerprint density at radius 2 is 1.44 bits per heavy atom. The van der Waals surface area contributed by atoms with Crippen molar-refractivity contribution in [2.75, 3.05) is 12.8 Å². The zero-order valence-electron chi connectivity index (χ0n) is 18.4. The summed E-state index contributed by atoms with van der Waals surface area (Å²) in [4.78, 5) is 11.9. The maximum Gasteiger partial charge on any atom is 0.348 e. The minimum Gasteiger partial charge on any atom is -1.00 e. The van der Waals surface area contributed by atoms with Gasteiger partial charge in [0.1, 0.15) is 11.6 Å². The van der Waals surface area contributed by atoms with Gasteiger partial charge in [0.25, 0.3) is 0 Å². The van der Waals surface area contributed by atoms with Gasteiger partial charge >= 0.3 is 5.97 Å². The van der Waals surface area contributed by atoms with E-state index in [0.29, 0.717) is 0 Å². The van der Waals surface area contributed by atoms with Crippen LogP contribution in [0, 0.1) is 11.3 Å². The van der Waals surface area contributed by atoms with Crippen LogP contribution < -0.4 is 27.6 Å². The molecule has 0 aromatic heterocycles. The Kier molecular flexibility index (Phi) is 9.85. The third-order valence-corrected chi connectivity index (χ3v) is 9.96. The van der Waals surface area contributed by atoms with E-state index in [9.17, 15) is 10.1 Å². The van der Waals surface area contributed by atoms with Crippen molar-refractivity contribution >= 4 is 29.9 Å². The van der Waals surface area contributed by atoms with Crippen LogP contribution in [-0.4, -0.2) is 18.7 Å². The number of hydrogen-bond donors (Lipinski definition) is 0. The third-order valence-electron chi connectivity index (χ3n) is 5.40. The molecule has 0 aliphatic heterocycles. The van der Waals surface area contributed by atoms with Crippen LogP contribution in [0.1, 0.15) is 25.0 Å². The molecule has 0 amide bonds. The molecular formula is C27H27BrNO2P. The van der Waals surface area contributed by atoms with E-state index >= 15 is 0 Å². The minimum atomic E-state index is -1.62. The second kappa shape index (κ2) is 12.3. The summed E-state index contributed by atoms with van der Waals surface area (Å²) in [5.41, 5.74) is 2.07. The van der Waals surface area contributed by atoms with E-state index in [1.165, 1.54) is 16.2 Å². The summed E-state index contributed by atoms with van der Waals surface area (Å²) >= 11 is 0. The monoisotopic (exact) mass is 507 g/mol. The van der Waals surface area contributed by atoms with Gasteiger partial charge in [-0.05, 0) is 55.3 Å². The van der Waals surface area contributed by atoms with Crippen molar-refractivity contribution in [2.24, 2.45) is 0 Å². The first-order valence-corrected chi connectivity index (χ1v) is 12.6. The highest BCUT2D eigenvalue weighted by Gasteiger charge is 2.40. The Bertz CT molecular complexity index is 1030. The summed E-state index contributed by atoms with van der Waals surface area (Å²) in [5, 5.41) is 12.1. The fraction of sp³-hybridized carbons (Fsp3) is 0.185. The number of benzene rings is 3. The molecule has 0 atom stereocenters. The Morgan fingerprint density at radius 1 is 0.906 bits per heavy atom. The Morgan fingerprint density at radius 3 is 1.88 bits per heavy atom. The second-order valence-electron chi connectivity index (χ2n) is 7.25. The minimum absolute atomic E-state index is 0. The van der Waals surface area contributed by atoms with Crippen molar-refractivity contribution in [3.8, 4) is 6.07 Å². The molecule has 3 rings (SSSR count). The number of rotatable bonds is 8. The molecule has 0 unspecified atom stereocenters. The molecule has 3 aromatic carbocycles. The molecule has 32 heavy (non-hydrogen) atoms. The summed E-state index contributed by atoms with van der Waals surface area (Å²) in [6.07, 6.45) is 3.62. The molecule has 0 spiro atoms. The molecule has 5 heteroatoms. The van der Waals surface area contributed by atoms with Crippen LogP contribution in [0.3, 0.4) is 0 Å². The van der Waals surface area contributed by atoms with Crippen LogP contribution in [0.5, 0.6) is 0 Å². The molecular weight excluding hydrogens is 481 g/mol. The van der Waals surface area contributed by atoms with Gasteiger partial charge in [0, 0.05) is 0 Å². The molecule has 164 valence electrons. The first-order valence-electron chi connectivity index (χ1n) is 10.5. The molecule has 0 saturated heterocycles. The van der Waals surface area contributed by atoms with Gasteiger partial charge in [0.05, 0.1) is 36.8 Å². The van der Waals surface area contributed by atoms with Gasteiger partial charge < -0.3 is 21.7 Å². The highest BCUT2D eigenvalue weighted by Crippen LogP contribution is 2.58. The van der Waals surface area contributed by atoms with Crippen LogP contribution in [0.2, 0.25) is 0 Å². The van der Waals surface area contributed by atoms with E-state index in [1.807, 2.05) is 18.2 Å². The largest absolute Gasteiger partial charge is 1.00 e. The van der Waals surface area contributed by atoms with Crippen LogP contribution >= 0.6 is 7.26 Å². The van der Waals surface area contributed by atoms with Gasteiger partial charge in [-0.25, -0.2) is 4.79 Å². The fourth-order valence-corrected chi connectivity index (χ4v) is 7.72. The predicted octanol–water partition coefficient (Wildman–Crippen LogP) is 2.35. The molecule has 3 nitrogen and oxygen atoms in total. The van der Waals surface area contributed by atoms with E-state index < -0.39 is 13.2 Å². The molecule has 0 aliphatic rings. The van der Waals surface area contributed by atoms with Gasteiger partial charge in [-0.1, -0.05) is 60.7 Å². The lowest BCUT2D eigenvalue weighted by Gasteiger charge is -2.26. The number of nitrogens with zero attached hydrogens (tertiary/aromatic N) is 1. The Hall–Kier alpha value is -2.73. The summed E-state index contributed by atoms with van der Waals surface area (Å²) < 4.78 is 4.94. The number of ether oxygens (including phenoxy) is 1. The average molecular weight is 508 g/mol. The zero-order chi connectivity index (χ0) is 22.1. The Balaban J connectivity index is 0.00000363. The van der Waals surface area contributed by atoms with E-state index in [1.54, 1.807) is 13.0 Å². The number of carbonyl (C=O) groups is 1. The maximum absolute atomic E-state index is 11.9. The molecule has 0 N–H and O–H groups in total. The van der Waals surface area contributed by atoms with Crippen molar-refractivity contribution in [3.05, 3.63) is 102 Å². The van der Waals surface area contributed by atoms with E-state index in [-0.39, 0.29) is 29.2 Å². The van der Waals surface area contributed by atoms with E-state index in [2.05, 4.69) is 79.7 Å². The first kappa shape index (κ1) is 25.5. The van der Waals surface area contributed by atoms with Crippen molar-refractivity contribution in [1.29, 1.82) is 5.26 Å². The average Bonchev–Trinajstić information content (AvgIpc) is 2.83. The SMILES string of the molecule is CCOC(=O)/C(C#N)=C/c1ccc(C[P+](CC)(c2ccccc2)c2ccccc2)cc1.[Br-]. The smallest absolute Gasteiger partial charge is 0.348 e. The van der Waals surface area contributed by atoms with Crippen LogP contribution in [0.25, 0.3) is 6.08 Å². The molecule has 3 aromatic rings. The van der Waals surface area contributed by atoms with Crippen LogP contribution in [0.15, 0.2) is 90.5 Å². The lowest BCUT2D eigenvalue weighted by atomic mass is 10.1. The quantitative estimate of drug-likeness (QED) is 0.203. The first-order chi connectivity index (χ1) is 15.1. The van der Waals surface area contributed by atoms with E-state index in [0.717, 1.165) is 17.9 Å². The molecule has 0 bridgehead atoms. The highest BCUT2D eigenvalue weighted by molar-refractivity contribution is 7.88. The standard InChI is InChI=1S/C27H27NO2P.BrH/c1-3-30-27(29)24(20-28)19-22-15-17-23(18-16-22)21-31(4-2,25-11-7-5-8-12-25)26-13-9-6-10-14-26;/h5-19H,3-4,21H2,1-2H3;1H/q+1;/p-1/b24-19+;. The lowest BCUT2D eigenvalue weighted by Crippen LogP contribution is -3.00. The fourth-order valence-electron chi connectivity index (χ4n) is 3.78. The summed E-state index contributed by atoms with van der Waals surface area (Å²) in [6, 6.07) is 31.7. The van der Waals surface area contributed by atoms with Crippen LogP contribution in [0.4, 0.5) is 0 Å².